The monoisotopic (exact) mass is 350 g/mol. The van der Waals surface area contributed by atoms with Crippen molar-refractivity contribution in [2.24, 2.45) is 0 Å². The molecule has 2 saturated heterocycles. The van der Waals surface area contributed by atoms with E-state index in [0.717, 1.165) is 18.4 Å². The third-order valence-corrected chi connectivity index (χ3v) is 4.80. The summed E-state index contributed by atoms with van der Waals surface area (Å²) in [7, 11) is 0. The summed E-state index contributed by atoms with van der Waals surface area (Å²) in [6.07, 6.45) is 5.41. The molecule has 7 heteroatoms. The number of carbonyl (C=O) groups excluding carboxylic acids is 3. The van der Waals surface area contributed by atoms with Gasteiger partial charge in [-0.25, -0.2) is 4.79 Å². The van der Waals surface area contributed by atoms with Crippen LogP contribution >= 0.6 is 0 Å². The number of likely N-dealkylation sites (tertiary alicyclic amines) is 1. The molecule has 1 N–H and O–H groups in total. The number of hydrogen-bond donors (Lipinski definition) is 1. The molecule has 0 radical (unpaired) electrons. The zero-order valence-electron chi connectivity index (χ0n) is 14.1. The number of imide groups is 1. The predicted molar refractivity (Wildman–Crippen MR) is 94.6 cm³/mol. The van der Waals surface area contributed by atoms with Crippen molar-refractivity contribution in [2.75, 3.05) is 18.0 Å². The fourth-order valence-electron chi connectivity index (χ4n) is 3.53. The molecule has 2 aliphatic rings. The molecule has 0 saturated carbocycles. The lowest BCUT2D eigenvalue weighted by atomic mass is 10.1. The van der Waals surface area contributed by atoms with Gasteiger partial charge in [-0.05, 0) is 48.7 Å². The third kappa shape index (κ3) is 2.92. The van der Waals surface area contributed by atoms with Crippen molar-refractivity contribution < 1.29 is 14.4 Å². The van der Waals surface area contributed by atoms with Crippen LogP contribution in [0.1, 0.15) is 34.8 Å². The number of amides is 4. The Bertz CT molecular complexity index is 851. The van der Waals surface area contributed by atoms with Gasteiger partial charge in [0.1, 0.15) is 6.54 Å². The van der Waals surface area contributed by atoms with Gasteiger partial charge in [-0.15, -0.1) is 0 Å². The lowest BCUT2D eigenvalue weighted by Crippen LogP contribution is -2.31. The first-order chi connectivity index (χ1) is 12.6. The quantitative estimate of drug-likeness (QED) is 0.860. The van der Waals surface area contributed by atoms with Crippen molar-refractivity contribution in [3.8, 4) is 0 Å². The molecule has 4 amide bonds. The van der Waals surface area contributed by atoms with Crippen LogP contribution in [0.5, 0.6) is 0 Å². The van der Waals surface area contributed by atoms with E-state index in [0.29, 0.717) is 17.8 Å². The number of aromatic nitrogens is 1. The first-order valence-electron chi connectivity index (χ1n) is 8.56. The van der Waals surface area contributed by atoms with Crippen LogP contribution in [0, 0.1) is 0 Å². The zero-order valence-corrected chi connectivity index (χ0v) is 14.1. The van der Waals surface area contributed by atoms with E-state index in [4.69, 9.17) is 0 Å². The van der Waals surface area contributed by atoms with E-state index in [9.17, 15) is 14.4 Å². The summed E-state index contributed by atoms with van der Waals surface area (Å²) >= 11 is 0. The van der Waals surface area contributed by atoms with Crippen molar-refractivity contribution in [3.63, 3.8) is 0 Å². The number of hydrogen-bond acceptors (Lipinski definition) is 4. The van der Waals surface area contributed by atoms with E-state index in [1.54, 1.807) is 30.5 Å². The number of nitrogens with one attached hydrogen (secondary N) is 1. The highest BCUT2D eigenvalue weighted by molar-refractivity contribution is 6.12. The van der Waals surface area contributed by atoms with E-state index >= 15 is 0 Å². The maximum absolute atomic E-state index is 12.9. The summed E-state index contributed by atoms with van der Waals surface area (Å²) in [5.74, 6) is -0.364. The van der Waals surface area contributed by atoms with Crippen molar-refractivity contribution >= 4 is 23.5 Å². The van der Waals surface area contributed by atoms with Crippen LogP contribution in [0.15, 0.2) is 48.8 Å². The van der Waals surface area contributed by atoms with Gasteiger partial charge in [0.15, 0.2) is 0 Å². The van der Waals surface area contributed by atoms with Gasteiger partial charge in [0, 0.05) is 30.2 Å². The van der Waals surface area contributed by atoms with E-state index in [1.165, 1.54) is 4.90 Å². The predicted octanol–water partition coefficient (Wildman–Crippen LogP) is 2.12. The Labute approximate surface area is 150 Å². The van der Waals surface area contributed by atoms with Crippen molar-refractivity contribution in [1.29, 1.82) is 0 Å². The fourth-order valence-corrected chi connectivity index (χ4v) is 3.53. The van der Waals surface area contributed by atoms with Crippen LogP contribution in [-0.2, 0) is 4.79 Å². The molecule has 132 valence electrons. The Kier molecular flexibility index (Phi) is 4.12. The van der Waals surface area contributed by atoms with Crippen LogP contribution in [0.4, 0.5) is 10.5 Å². The Balaban J connectivity index is 1.53. The second-order valence-electron chi connectivity index (χ2n) is 6.43. The normalized spacial score (nSPS) is 19.8. The Morgan fingerprint density at radius 1 is 1.15 bits per heavy atom. The van der Waals surface area contributed by atoms with Crippen LogP contribution in [0.2, 0.25) is 0 Å². The van der Waals surface area contributed by atoms with Gasteiger partial charge >= 0.3 is 6.03 Å². The summed E-state index contributed by atoms with van der Waals surface area (Å²) in [5.41, 5.74) is 2.20. The Morgan fingerprint density at radius 3 is 2.62 bits per heavy atom. The number of anilines is 1. The van der Waals surface area contributed by atoms with E-state index in [-0.39, 0.29) is 24.4 Å². The van der Waals surface area contributed by atoms with Gasteiger partial charge < -0.3 is 4.90 Å². The molecule has 1 atom stereocenters. The largest absolute Gasteiger partial charge is 0.332 e. The smallest absolute Gasteiger partial charge is 0.329 e. The molecule has 0 spiro atoms. The highest BCUT2D eigenvalue weighted by Crippen LogP contribution is 2.33. The van der Waals surface area contributed by atoms with Crippen LogP contribution in [0.3, 0.4) is 0 Å². The molecule has 1 aromatic heterocycles. The number of pyridine rings is 1. The molecular formula is C19H18N4O3. The standard InChI is InChI=1S/C19H18N4O3/c24-17-12-23(19(26)21-17)15-7-5-13(6-8-15)18(25)22-10-2-4-16(22)14-3-1-9-20-11-14/h1,3,5-9,11,16H,2,4,10,12H2,(H,21,24,26)/t16-/m0/s1. The number of rotatable bonds is 3. The second kappa shape index (κ2) is 6.59. The van der Waals surface area contributed by atoms with Crippen molar-refractivity contribution in [1.82, 2.24) is 15.2 Å². The number of nitrogens with zero attached hydrogens (tertiary/aromatic N) is 3. The summed E-state index contributed by atoms with van der Waals surface area (Å²) < 4.78 is 0. The van der Waals surface area contributed by atoms with Gasteiger partial charge in [-0.2, -0.15) is 0 Å². The lowest BCUT2D eigenvalue weighted by Gasteiger charge is -2.25. The number of carbonyl (C=O) groups is 3. The van der Waals surface area contributed by atoms with E-state index in [2.05, 4.69) is 10.3 Å². The molecule has 7 nitrogen and oxygen atoms in total. The maximum atomic E-state index is 12.9. The summed E-state index contributed by atoms with van der Waals surface area (Å²) in [6, 6.07) is 10.3. The van der Waals surface area contributed by atoms with Gasteiger partial charge in [-0.1, -0.05) is 6.07 Å². The SMILES string of the molecule is O=C1CN(c2ccc(C(=O)N3CCC[C@H]3c3cccnc3)cc2)C(=O)N1. The zero-order chi connectivity index (χ0) is 18.1. The number of urea groups is 1. The van der Waals surface area contributed by atoms with E-state index in [1.807, 2.05) is 23.2 Å². The highest BCUT2D eigenvalue weighted by Gasteiger charge is 2.31. The van der Waals surface area contributed by atoms with Crippen LogP contribution in [0.25, 0.3) is 0 Å². The average molecular weight is 350 g/mol. The van der Waals surface area contributed by atoms with Gasteiger partial charge in [0.2, 0.25) is 5.91 Å². The minimum Gasteiger partial charge on any atom is -0.332 e. The summed E-state index contributed by atoms with van der Waals surface area (Å²) in [5, 5.41) is 2.24. The highest BCUT2D eigenvalue weighted by atomic mass is 16.2. The maximum Gasteiger partial charge on any atom is 0.329 e. The molecule has 26 heavy (non-hydrogen) atoms. The lowest BCUT2D eigenvalue weighted by molar-refractivity contribution is -0.117. The first kappa shape index (κ1) is 16.3. The second-order valence-corrected chi connectivity index (χ2v) is 6.43. The first-order valence-corrected chi connectivity index (χ1v) is 8.56. The summed E-state index contributed by atoms with van der Waals surface area (Å²) in [4.78, 5) is 43.4. The molecule has 0 aliphatic carbocycles. The Hall–Kier alpha value is -3.22. The molecule has 0 bridgehead atoms. The topological polar surface area (TPSA) is 82.6 Å². The van der Waals surface area contributed by atoms with Gasteiger partial charge in [0.05, 0.1) is 6.04 Å². The third-order valence-electron chi connectivity index (χ3n) is 4.80. The van der Waals surface area contributed by atoms with Gasteiger partial charge in [-0.3, -0.25) is 24.8 Å². The fraction of sp³-hybridized carbons (Fsp3) is 0.263. The minimum atomic E-state index is -0.440. The molecule has 0 unspecified atom stereocenters. The van der Waals surface area contributed by atoms with Crippen LogP contribution in [-0.4, -0.2) is 40.8 Å². The molecule has 3 heterocycles. The average Bonchev–Trinajstić information content (AvgIpc) is 3.28. The van der Waals surface area contributed by atoms with Crippen molar-refractivity contribution in [2.45, 2.75) is 18.9 Å². The van der Waals surface area contributed by atoms with Crippen LogP contribution < -0.4 is 10.2 Å². The van der Waals surface area contributed by atoms with E-state index < -0.39 is 6.03 Å². The molecule has 2 aliphatic heterocycles. The molecule has 4 rings (SSSR count). The molecule has 2 aromatic rings. The molecular weight excluding hydrogens is 332 g/mol. The molecule has 1 aromatic carbocycles. The Morgan fingerprint density at radius 2 is 1.96 bits per heavy atom. The van der Waals surface area contributed by atoms with Crippen molar-refractivity contribution in [3.05, 3.63) is 59.9 Å². The molecule has 2 fully saturated rings. The van der Waals surface area contributed by atoms with Gasteiger partial charge in [0.25, 0.3) is 5.91 Å². The minimum absolute atomic E-state index is 0.00132. The number of benzene rings is 1. The summed E-state index contributed by atoms with van der Waals surface area (Å²) in [6.45, 7) is 0.713.